The van der Waals surface area contributed by atoms with Gasteiger partial charge in [0, 0.05) is 18.0 Å². The molecule has 0 atom stereocenters. The van der Waals surface area contributed by atoms with Gasteiger partial charge in [0.15, 0.2) is 5.82 Å². The molecule has 0 saturated heterocycles. The van der Waals surface area contributed by atoms with Gasteiger partial charge in [-0.3, -0.25) is 0 Å². The summed E-state index contributed by atoms with van der Waals surface area (Å²) in [5, 5.41) is 0. The molecule has 0 bridgehead atoms. The number of carbonyl (C=O) groups excluding carboxylic acids is 1. The van der Waals surface area contributed by atoms with Crippen LogP contribution in [0.3, 0.4) is 0 Å². The van der Waals surface area contributed by atoms with Gasteiger partial charge in [0.25, 0.3) is 0 Å². The molecule has 2 aromatic rings. The molecule has 1 saturated carbocycles. The minimum Gasteiger partial charge on any atom is -0.459 e. The van der Waals surface area contributed by atoms with E-state index in [1.807, 2.05) is 36.7 Å². The van der Waals surface area contributed by atoms with Crippen molar-refractivity contribution in [1.29, 1.82) is 0 Å². The predicted octanol–water partition coefficient (Wildman–Crippen LogP) is 7.17. The van der Waals surface area contributed by atoms with Crippen LogP contribution in [-0.4, -0.2) is 22.0 Å². The van der Waals surface area contributed by atoms with Crippen LogP contribution in [0.5, 0.6) is 0 Å². The summed E-state index contributed by atoms with van der Waals surface area (Å²) in [6.45, 7) is 4.41. The second-order valence-corrected chi connectivity index (χ2v) is 8.99. The van der Waals surface area contributed by atoms with Gasteiger partial charge in [0.2, 0.25) is 0 Å². The van der Waals surface area contributed by atoms with E-state index in [0.29, 0.717) is 11.4 Å². The van der Waals surface area contributed by atoms with Gasteiger partial charge < -0.3 is 4.74 Å². The van der Waals surface area contributed by atoms with Crippen LogP contribution in [0, 0.1) is 5.92 Å². The normalized spacial score (nSPS) is 18.6. The molecule has 31 heavy (non-hydrogen) atoms. The summed E-state index contributed by atoms with van der Waals surface area (Å²) >= 11 is 0. The first-order chi connectivity index (χ1) is 15.2. The molecule has 0 radical (unpaired) electrons. The SMILES string of the molecule is CCCCCCCC1CCC(OC(=O)c2ccc(-c3ncc(CCC)cn3)cc2)CC1. The monoisotopic (exact) mass is 422 g/mol. The Morgan fingerprint density at radius 2 is 1.58 bits per heavy atom. The van der Waals surface area contributed by atoms with Crippen LogP contribution in [0.2, 0.25) is 0 Å². The summed E-state index contributed by atoms with van der Waals surface area (Å²) in [6.07, 6.45) is 18.4. The van der Waals surface area contributed by atoms with Crippen molar-refractivity contribution in [2.45, 2.75) is 97.0 Å². The molecule has 168 valence electrons. The van der Waals surface area contributed by atoms with Gasteiger partial charge >= 0.3 is 5.97 Å². The zero-order valence-corrected chi connectivity index (χ0v) is 19.3. The molecule has 0 spiro atoms. The Kier molecular flexibility index (Phi) is 9.51. The van der Waals surface area contributed by atoms with Gasteiger partial charge in [-0.15, -0.1) is 0 Å². The minimum absolute atomic E-state index is 0.0676. The lowest BCUT2D eigenvalue weighted by atomic mass is 9.84. The Balaban J connectivity index is 1.43. The van der Waals surface area contributed by atoms with E-state index in [4.69, 9.17) is 4.74 Å². The lowest BCUT2D eigenvalue weighted by Crippen LogP contribution is -2.24. The highest BCUT2D eigenvalue weighted by atomic mass is 16.5. The summed E-state index contributed by atoms with van der Waals surface area (Å²) in [7, 11) is 0. The molecule has 0 N–H and O–H groups in total. The largest absolute Gasteiger partial charge is 0.459 e. The minimum atomic E-state index is -0.214. The first-order valence-electron chi connectivity index (χ1n) is 12.3. The molecule has 1 heterocycles. The van der Waals surface area contributed by atoms with E-state index in [0.717, 1.165) is 42.7 Å². The number of hydrogen-bond acceptors (Lipinski definition) is 4. The zero-order valence-electron chi connectivity index (χ0n) is 19.3. The molecule has 0 unspecified atom stereocenters. The summed E-state index contributed by atoms with van der Waals surface area (Å²) in [6, 6.07) is 7.45. The van der Waals surface area contributed by atoms with Crippen molar-refractivity contribution in [1.82, 2.24) is 9.97 Å². The number of nitrogens with zero attached hydrogens (tertiary/aromatic N) is 2. The van der Waals surface area contributed by atoms with Crippen molar-refractivity contribution < 1.29 is 9.53 Å². The molecule has 4 heteroatoms. The lowest BCUT2D eigenvalue weighted by Gasteiger charge is -2.28. The molecular formula is C27H38N2O2. The summed E-state index contributed by atoms with van der Waals surface area (Å²) in [5.74, 6) is 1.29. The molecule has 1 aromatic carbocycles. The van der Waals surface area contributed by atoms with Crippen LogP contribution in [-0.2, 0) is 11.2 Å². The number of rotatable bonds is 11. The van der Waals surface area contributed by atoms with Crippen molar-refractivity contribution in [2.24, 2.45) is 5.92 Å². The molecule has 1 aliphatic rings. The quantitative estimate of drug-likeness (QED) is 0.284. The number of hydrogen-bond donors (Lipinski definition) is 0. The topological polar surface area (TPSA) is 52.1 Å². The maximum atomic E-state index is 12.6. The Hall–Kier alpha value is -2.23. The van der Waals surface area contributed by atoms with E-state index in [-0.39, 0.29) is 12.1 Å². The number of aryl methyl sites for hydroxylation is 1. The Morgan fingerprint density at radius 1 is 0.903 bits per heavy atom. The maximum absolute atomic E-state index is 12.6. The molecule has 1 fully saturated rings. The third-order valence-electron chi connectivity index (χ3n) is 6.41. The summed E-state index contributed by atoms with van der Waals surface area (Å²) < 4.78 is 5.80. The second-order valence-electron chi connectivity index (χ2n) is 8.99. The Bertz CT molecular complexity index is 778. The third-order valence-corrected chi connectivity index (χ3v) is 6.41. The van der Waals surface area contributed by atoms with E-state index in [9.17, 15) is 4.79 Å². The average Bonchev–Trinajstić information content (AvgIpc) is 2.81. The fraction of sp³-hybridized carbons (Fsp3) is 0.593. The third kappa shape index (κ3) is 7.45. The molecule has 3 rings (SSSR count). The maximum Gasteiger partial charge on any atom is 0.338 e. The van der Waals surface area contributed by atoms with E-state index >= 15 is 0 Å². The first-order valence-corrected chi connectivity index (χ1v) is 12.3. The molecule has 0 amide bonds. The molecular weight excluding hydrogens is 384 g/mol. The molecule has 1 aliphatic carbocycles. The van der Waals surface area contributed by atoms with Crippen molar-refractivity contribution in [3.8, 4) is 11.4 Å². The van der Waals surface area contributed by atoms with Gasteiger partial charge in [-0.2, -0.15) is 0 Å². The standard InChI is InChI=1S/C27H38N2O2/c1-3-5-6-7-8-10-21-11-17-25(18-12-21)31-27(30)24-15-13-23(14-16-24)26-28-19-22(9-4-2)20-29-26/h13-16,19-21,25H,3-12,17-18H2,1-2H3. The average molecular weight is 423 g/mol. The highest BCUT2D eigenvalue weighted by Crippen LogP contribution is 2.30. The molecule has 4 nitrogen and oxygen atoms in total. The van der Waals surface area contributed by atoms with Gasteiger partial charge in [-0.05, 0) is 55.7 Å². The number of aromatic nitrogens is 2. The number of unbranched alkanes of at least 4 members (excludes halogenated alkanes) is 4. The highest BCUT2D eigenvalue weighted by Gasteiger charge is 2.24. The smallest absolute Gasteiger partial charge is 0.338 e. The number of carbonyl (C=O) groups is 1. The number of benzene rings is 1. The lowest BCUT2D eigenvalue weighted by molar-refractivity contribution is 0.0161. The highest BCUT2D eigenvalue weighted by molar-refractivity contribution is 5.90. The Labute approximate surface area is 187 Å². The van der Waals surface area contributed by atoms with Crippen molar-refractivity contribution in [3.63, 3.8) is 0 Å². The fourth-order valence-electron chi connectivity index (χ4n) is 4.47. The van der Waals surface area contributed by atoms with Crippen molar-refractivity contribution >= 4 is 5.97 Å². The second kappa shape index (κ2) is 12.6. The summed E-state index contributed by atoms with van der Waals surface area (Å²) in [5.41, 5.74) is 2.67. The number of esters is 1. The van der Waals surface area contributed by atoms with E-state index in [1.165, 1.54) is 51.4 Å². The van der Waals surface area contributed by atoms with Crippen molar-refractivity contribution in [3.05, 3.63) is 47.8 Å². The van der Waals surface area contributed by atoms with Crippen LogP contribution in [0.1, 0.15) is 100 Å². The van der Waals surface area contributed by atoms with Gasteiger partial charge in [-0.1, -0.05) is 70.9 Å². The van der Waals surface area contributed by atoms with Crippen LogP contribution in [0.15, 0.2) is 36.7 Å². The fourth-order valence-corrected chi connectivity index (χ4v) is 4.47. The van der Waals surface area contributed by atoms with Gasteiger partial charge in [0.05, 0.1) is 5.56 Å². The zero-order chi connectivity index (χ0) is 21.9. The predicted molar refractivity (Wildman–Crippen MR) is 126 cm³/mol. The van der Waals surface area contributed by atoms with Crippen LogP contribution in [0.4, 0.5) is 0 Å². The Morgan fingerprint density at radius 3 is 2.23 bits per heavy atom. The van der Waals surface area contributed by atoms with Crippen LogP contribution in [0.25, 0.3) is 11.4 Å². The van der Waals surface area contributed by atoms with E-state index in [1.54, 1.807) is 0 Å². The van der Waals surface area contributed by atoms with Gasteiger partial charge in [0.1, 0.15) is 6.10 Å². The van der Waals surface area contributed by atoms with Crippen LogP contribution < -0.4 is 0 Å². The number of ether oxygens (including phenoxy) is 1. The summed E-state index contributed by atoms with van der Waals surface area (Å²) in [4.78, 5) is 21.5. The molecule has 0 aliphatic heterocycles. The molecule has 1 aromatic heterocycles. The van der Waals surface area contributed by atoms with Gasteiger partial charge in [-0.25, -0.2) is 14.8 Å². The van der Waals surface area contributed by atoms with E-state index in [2.05, 4.69) is 23.8 Å². The van der Waals surface area contributed by atoms with Crippen molar-refractivity contribution in [2.75, 3.05) is 0 Å². The van der Waals surface area contributed by atoms with E-state index < -0.39 is 0 Å². The first kappa shape index (κ1) is 23.4. The van der Waals surface area contributed by atoms with Crippen LogP contribution >= 0.6 is 0 Å².